The Kier molecular flexibility index (Phi) is 5.35. The number of aromatic nitrogens is 2. The Labute approximate surface area is 124 Å². The summed E-state index contributed by atoms with van der Waals surface area (Å²) in [5.74, 6) is 1.19. The molecule has 6 heteroatoms. The van der Waals surface area contributed by atoms with E-state index in [1.165, 1.54) is 0 Å². The molecule has 2 aromatic heterocycles. The molecule has 0 saturated heterocycles. The summed E-state index contributed by atoms with van der Waals surface area (Å²) in [7, 11) is 0. The van der Waals surface area contributed by atoms with E-state index < -0.39 is 0 Å². The van der Waals surface area contributed by atoms with Gasteiger partial charge in [0, 0.05) is 24.6 Å². The standard InChI is InChI=1S/C13H12BrN3OS/c14-10-4-3-8-16-13(10)17-11(18)6-9-19-12-5-1-2-7-15-12/h1-5,7-8H,6,9H2,(H,16,17,18). The van der Waals surface area contributed by atoms with Crippen LogP contribution in [0.4, 0.5) is 5.82 Å². The fourth-order valence-corrected chi connectivity index (χ4v) is 2.51. The molecule has 0 spiro atoms. The Bertz CT molecular complexity index is 551. The van der Waals surface area contributed by atoms with E-state index in [1.54, 1.807) is 30.2 Å². The van der Waals surface area contributed by atoms with Gasteiger partial charge in [0.05, 0.1) is 9.50 Å². The number of pyridine rings is 2. The minimum atomic E-state index is -0.0529. The van der Waals surface area contributed by atoms with Crippen LogP contribution in [0.15, 0.2) is 52.2 Å². The molecule has 0 aliphatic carbocycles. The molecule has 0 atom stereocenters. The first kappa shape index (κ1) is 14.0. The maximum Gasteiger partial charge on any atom is 0.226 e. The van der Waals surface area contributed by atoms with Crippen LogP contribution in [0.2, 0.25) is 0 Å². The Balaban J connectivity index is 1.78. The van der Waals surface area contributed by atoms with E-state index in [1.807, 2.05) is 24.3 Å². The predicted molar refractivity (Wildman–Crippen MR) is 80.1 cm³/mol. The number of thioether (sulfide) groups is 1. The summed E-state index contributed by atoms with van der Waals surface area (Å²) in [5, 5.41) is 3.69. The fourth-order valence-electron chi connectivity index (χ4n) is 1.35. The van der Waals surface area contributed by atoms with E-state index in [2.05, 4.69) is 31.2 Å². The molecule has 98 valence electrons. The summed E-state index contributed by atoms with van der Waals surface area (Å²) in [4.78, 5) is 20.0. The highest BCUT2D eigenvalue weighted by Crippen LogP contribution is 2.19. The van der Waals surface area contributed by atoms with E-state index in [9.17, 15) is 4.79 Å². The van der Waals surface area contributed by atoms with Crippen molar-refractivity contribution in [2.45, 2.75) is 11.4 Å². The Morgan fingerprint density at radius 3 is 2.79 bits per heavy atom. The van der Waals surface area contributed by atoms with E-state index in [-0.39, 0.29) is 5.91 Å². The molecular weight excluding hydrogens is 326 g/mol. The lowest BCUT2D eigenvalue weighted by Gasteiger charge is -2.05. The highest BCUT2D eigenvalue weighted by Gasteiger charge is 2.06. The Hall–Kier alpha value is -1.40. The number of hydrogen-bond donors (Lipinski definition) is 1. The quantitative estimate of drug-likeness (QED) is 0.850. The monoisotopic (exact) mass is 337 g/mol. The van der Waals surface area contributed by atoms with Crippen LogP contribution in [0.1, 0.15) is 6.42 Å². The lowest BCUT2D eigenvalue weighted by molar-refractivity contribution is -0.115. The second kappa shape index (κ2) is 7.25. The molecule has 0 saturated carbocycles. The van der Waals surface area contributed by atoms with E-state index in [0.29, 0.717) is 18.0 Å². The highest BCUT2D eigenvalue weighted by atomic mass is 79.9. The Morgan fingerprint density at radius 2 is 2.05 bits per heavy atom. The number of hydrogen-bond acceptors (Lipinski definition) is 4. The fraction of sp³-hybridized carbons (Fsp3) is 0.154. The molecule has 0 radical (unpaired) electrons. The lowest BCUT2D eigenvalue weighted by atomic mass is 10.4. The number of carbonyl (C=O) groups is 1. The number of nitrogens with one attached hydrogen (secondary N) is 1. The molecule has 2 heterocycles. The van der Waals surface area contributed by atoms with Crippen LogP contribution < -0.4 is 5.32 Å². The predicted octanol–water partition coefficient (Wildman–Crippen LogP) is 3.36. The lowest BCUT2D eigenvalue weighted by Crippen LogP contribution is -2.13. The summed E-state index contributed by atoms with van der Waals surface area (Å²) in [6, 6.07) is 9.37. The molecule has 0 aliphatic rings. The molecule has 1 N–H and O–H groups in total. The average molecular weight is 338 g/mol. The minimum Gasteiger partial charge on any atom is -0.310 e. The Morgan fingerprint density at radius 1 is 1.21 bits per heavy atom. The van der Waals surface area contributed by atoms with Crippen molar-refractivity contribution in [3.05, 3.63) is 47.2 Å². The topological polar surface area (TPSA) is 54.9 Å². The van der Waals surface area contributed by atoms with Crippen molar-refractivity contribution in [3.63, 3.8) is 0 Å². The smallest absolute Gasteiger partial charge is 0.226 e. The van der Waals surface area contributed by atoms with Crippen molar-refractivity contribution in [2.24, 2.45) is 0 Å². The summed E-state index contributed by atoms with van der Waals surface area (Å²) in [5.41, 5.74) is 0. The van der Waals surface area contributed by atoms with Crippen LogP contribution in [-0.4, -0.2) is 21.6 Å². The van der Waals surface area contributed by atoms with Gasteiger partial charge in [-0.1, -0.05) is 6.07 Å². The van der Waals surface area contributed by atoms with Crippen molar-refractivity contribution in [1.82, 2.24) is 9.97 Å². The molecule has 0 aromatic carbocycles. The second-order valence-corrected chi connectivity index (χ2v) is 5.62. The first-order valence-electron chi connectivity index (χ1n) is 5.70. The van der Waals surface area contributed by atoms with Gasteiger partial charge in [0.2, 0.25) is 5.91 Å². The zero-order valence-corrected chi connectivity index (χ0v) is 12.4. The van der Waals surface area contributed by atoms with Crippen molar-refractivity contribution >= 4 is 39.4 Å². The average Bonchev–Trinajstić information content (AvgIpc) is 2.43. The molecule has 2 aromatic rings. The van der Waals surface area contributed by atoms with E-state index in [0.717, 1.165) is 9.50 Å². The molecule has 0 bridgehead atoms. The van der Waals surface area contributed by atoms with E-state index in [4.69, 9.17) is 0 Å². The van der Waals surface area contributed by atoms with Gasteiger partial charge in [0.15, 0.2) is 0 Å². The van der Waals surface area contributed by atoms with Gasteiger partial charge in [0.25, 0.3) is 0 Å². The molecule has 0 aliphatic heterocycles. The third-order valence-electron chi connectivity index (χ3n) is 2.23. The SMILES string of the molecule is O=C(CCSc1ccccn1)Nc1ncccc1Br. The van der Waals surface area contributed by atoms with Gasteiger partial charge in [-0.2, -0.15) is 0 Å². The number of carbonyl (C=O) groups excluding carboxylic acids is 1. The zero-order valence-electron chi connectivity index (χ0n) is 10.0. The number of anilines is 1. The molecule has 1 amide bonds. The highest BCUT2D eigenvalue weighted by molar-refractivity contribution is 9.10. The van der Waals surface area contributed by atoms with Gasteiger partial charge in [-0.05, 0) is 40.2 Å². The first-order chi connectivity index (χ1) is 9.25. The normalized spacial score (nSPS) is 10.2. The maximum absolute atomic E-state index is 11.7. The third-order valence-corrected chi connectivity index (χ3v) is 3.82. The third kappa shape index (κ3) is 4.65. The molecule has 4 nitrogen and oxygen atoms in total. The number of rotatable bonds is 5. The largest absolute Gasteiger partial charge is 0.310 e. The first-order valence-corrected chi connectivity index (χ1v) is 7.48. The van der Waals surface area contributed by atoms with Crippen LogP contribution in [0, 0.1) is 0 Å². The number of amides is 1. The van der Waals surface area contributed by atoms with Crippen LogP contribution in [0.25, 0.3) is 0 Å². The summed E-state index contributed by atoms with van der Waals surface area (Å²) < 4.78 is 0.778. The van der Waals surface area contributed by atoms with Gasteiger partial charge in [-0.15, -0.1) is 11.8 Å². The maximum atomic E-state index is 11.7. The molecule has 19 heavy (non-hydrogen) atoms. The van der Waals surface area contributed by atoms with E-state index >= 15 is 0 Å². The van der Waals surface area contributed by atoms with Crippen molar-refractivity contribution in [3.8, 4) is 0 Å². The van der Waals surface area contributed by atoms with Crippen LogP contribution >= 0.6 is 27.7 Å². The molecule has 0 fully saturated rings. The summed E-state index contributed by atoms with van der Waals surface area (Å²) in [6.45, 7) is 0. The van der Waals surface area contributed by atoms with Crippen LogP contribution in [-0.2, 0) is 4.79 Å². The molecular formula is C13H12BrN3OS. The van der Waals surface area contributed by atoms with Gasteiger partial charge in [-0.25, -0.2) is 9.97 Å². The van der Waals surface area contributed by atoms with Crippen molar-refractivity contribution < 1.29 is 4.79 Å². The van der Waals surface area contributed by atoms with Crippen molar-refractivity contribution in [2.75, 3.05) is 11.1 Å². The van der Waals surface area contributed by atoms with Crippen molar-refractivity contribution in [1.29, 1.82) is 0 Å². The summed E-state index contributed by atoms with van der Waals surface area (Å²) >= 11 is 4.90. The zero-order chi connectivity index (χ0) is 13.5. The van der Waals surface area contributed by atoms with Gasteiger partial charge in [-0.3, -0.25) is 4.79 Å². The van der Waals surface area contributed by atoms with Gasteiger partial charge < -0.3 is 5.32 Å². The summed E-state index contributed by atoms with van der Waals surface area (Å²) in [6.07, 6.45) is 3.81. The van der Waals surface area contributed by atoms with Gasteiger partial charge in [0.1, 0.15) is 5.82 Å². The molecule has 2 rings (SSSR count). The minimum absolute atomic E-state index is 0.0529. The number of nitrogens with zero attached hydrogens (tertiary/aromatic N) is 2. The van der Waals surface area contributed by atoms with Crippen LogP contribution in [0.3, 0.4) is 0 Å². The number of halogens is 1. The second-order valence-electron chi connectivity index (χ2n) is 3.65. The molecule has 0 unspecified atom stereocenters. The van der Waals surface area contributed by atoms with Gasteiger partial charge >= 0.3 is 0 Å². The van der Waals surface area contributed by atoms with Crippen LogP contribution in [0.5, 0.6) is 0 Å².